The Morgan fingerprint density at radius 3 is 2.07 bits per heavy atom. The molecule has 4 atom stereocenters. The first-order chi connectivity index (χ1) is 20.2. The third kappa shape index (κ3) is 4.71. The fourth-order valence-corrected chi connectivity index (χ4v) is 5.16. The van der Waals surface area contributed by atoms with Gasteiger partial charge in [0.1, 0.15) is 18.5 Å². The maximum atomic E-state index is 13.8. The van der Waals surface area contributed by atoms with Crippen molar-refractivity contribution in [3.63, 3.8) is 0 Å². The van der Waals surface area contributed by atoms with Gasteiger partial charge in [0.05, 0.1) is 13.4 Å². The molecular formula is C29H28N6O7. The SMILES string of the molecule is CON(C)C(=O)[C@H]1O[C@@H](n2cnc3c(N(C(=O)c4ccccc4)C(=O)c4ccccc4)ncnc32)[C@@H]2OC(C)(C)O[C@@H]21. The predicted octanol–water partition coefficient (Wildman–Crippen LogP) is 2.75. The molecule has 2 aliphatic heterocycles. The Labute approximate surface area is 240 Å². The van der Waals surface area contributed by atoms with Gasteiger partial charge in [-0.1, -0.05) is 36.4 Å². The van der Waals surface area contributed by atoms with Gasteiger partial charge in [-0.3, -0.25) is 23.8 Å². The molecule has 0 unspecified atom stereocenters. The van der Waals surface area contributed by atoms with Crippen LogP contribution in [0.25, 0.3) is 11.2 Å². The number of carbonyl (C=O) groups excluding carboxylic acids is 3. The van der Waals surface area contributed by atoms with Gasteiger partial charge >= 0.3 is 0 Å². The number of anilines is 1. The van der Waals surface area contributed by atoms with Crippen molar-refractivity contribution in [2.24, 2.45) is 0 Å². The Morgan fingerprint density at radius 2 is 1.48 bits per heavy atom. The molecule has 4 heterocycles. The number of benzene rings is 2. The van der Waals surface area contributed by atoms with Crippen LogP contribution in [-0.2, 0) is 23.8 Å². The highest BCUT2D eigenvalue weighted by molar-refractivity contribution is 6.27. The second kappa shape index (κ2) is 10.7. The summed E-state index contributed by atoms with van der Waals surface area (Å²) in [5, 5.41) is 1.06. The van der Waals surface area contributed by atoms with Gasteiger partial charge < -0.3 is 14.2 Å². The van der Waals surface area contributed by atoms with E-state index in [4.69, 9.17) is 19.0 Å². The second-order valence-corrected chi connectivity index (χ2v) is 10.2. The van der Waals surface area contributed by atoms with E-state index in [-0.39, 0.29) is 28.1 Å². The number of hydroxylamine groups is 2. The van der Waals surface area contributed by atoms with Gasteiger partial charge in [-0.25, -0.2) is 24.9 Å². The Kier molecular flexibility index (Phi) is 7.02. The van der Waals surface area contributed by atoms with E-state index in [0.717, 1.165) is 9.96 Å². The summed E-state index contributed by atoms with van der Waals surface area (Å²) in [6.45, 7) is 3.50. The summed E-state index contributed by atoms with van der Waals surface area (Å²) in [6.07, 6.45) is -0.686. The van der Waals surface area contributed by atoms with Crippen molar-refractivity contribution in [3.05, 3.63) is 84.4 Å². The zero-order valence-corrected chi connectivity index (χ0v) is 23.3. The highest BCUT2D eigenvalue weighted by Crippen LogP contribution is 2.44. The lowest BCUT2D eigenvalue weighted by Crippen LogP contribution is -2.43. The first-order valence-corrected chi connectivity index (χ1v) is 13.2. The number of hydrogen-bond donors (Lipinski definition) is 0. The monoisotopic (exact) mass is 572 g/mol. The van der Waals surface area contributed by atoms with Crippen LogP contribution in [0.4, 0.5) is 5.82 Å². The van der Waals surface area contributed by atoms with Crippen molar-refractivity contribution >= 4 is 34.7 Å². The number of nitrogens with zero attached hydrogens (tertiary/aromatic N) is 6. The molecule has 13 nitrogen and oxygen atoms in total. The number of amides is 3. The van der Waals surface area contributed by atoms with Crippen LogP contribution in [0.3, 0.4) is 0 Å². The van der Waals surface area contributed by atoms with E-state index in [0.29, 0.717) is 0 Å². The van der Waals surface area contributed by atoms with Gasteiger partial charge in [0, 0.05) is 18.2 Å². The standard InChI is InChI=1S/C29H28N6O7/c1-29(2)41-20-21(27(38)33(3)39-4)40-28(22(20)42-29)34-16-32-19-23(34)30-15-31-24(19)35(25(36)17-11-7-5-8-12-17)26(37)18-13-9-6-10-14-18/h5-16,20-22,28H,1-4H3/t20-,21+,22-,28-/m1/s1. The molecule has 6 rings (SSSR count). The van der Waals surface area contributed by atoms with Gasteiger partial charge in [0.25, 0.3) is 17.7 Å². The number of likely N-dealkylation sites (N-methyl/N-ethyl adjacent to an activating group) is 1. The Hall–Kier alpha value is -4.56. The maximum Gasteiger partial charge on any atom is 0.277 e. The summed E-state index contributed by atoms with van der Waals surface area (Å²) in [6, 6.07) is 16.8. The molecule has 4 aromatic rings. The van der Waals surface area contributed by atoms with Crippen molar-refractivity contribution in [2.45, 2.75) is 44.2 Å². The molecule has 2 aromatic carbocycles. The van der Waals surface area contributed by atoms with Crippen LogP contribution in [0, 0.1) is 0 Å². The number of fused-ring (bicyclic) bond motifs is 2. The number of hydrogen-bond acceptors (Lipinski definition) is 10. The highest BCUT2D eigenvalue weighted by Gasteiger charge is 2.59. The molecule has 0 aliphatic carbocycles. The number of imidazole rings is 1. The van der Waals surface area contributed by atoms with Gasteiger partial charge in [-0.05, 0) is 38.1 Å². The minimum atomic E-state index is -1.04. The van der Waals surface area contributed by atoms with Gasteiger partial charge in [-0.2, -0.15) is 0 Å². The van der Waals surface area contributed by atoms with Crippen molar-refractivity contribution in [2.75, 3.05) is 19.1 Å². The molecule has 0 N–H and O–H groups in total. The average molecular weight is 573 g/mol. The molecule has 3 amide bonds. The van der Waals surface area contributed by atoms with Gasteiger partial charge in [0.15, 0.2) is 35.1 Å². The Balaban J connectivity index is 1.44. The zero-order valence-electron chi connectivity index (χ0n) is 23.3. The zero-order chi connectivity index (χ0) is 29.6. The van der Waals surface area contributed by atoms with Gasteiger partial charge in [-0.15, -0.1) is 0 Å². The lowest BCUT2D eigenvalue weighted by Gasteiger charge is -2.25. The van der Waals surface area contributed by atoms with Crippen LogP contribution in [0.2, 0.25) is 0 Å². The number of carbonyl (C=O) groups is 3. The lowest BCUT2D eigenvalue weighted by molar-refractivity contribution is -0.211. The van der Waals surface area contributed by atoms with Crippen molar-refractivity contribution in [1.29, 1.82) is 0 Å². The largest absolute Gasteiger partial charge is 0.341 e. The molecule has 0 saturated carbocycles. The van der Waals surface area contributed by atoms with E-state index >= 15 is 0 Å². The predicted molar refractivity (Wildman–Crippen MR) is 147 cm³/mol. The molecule has 2 fully saturated rings. The topological polar surface area (TPSA) is 138 Å². The fraction of sp³-hybridized carbons (Fsp3) is 0.310. The van der Waals surface area contributed by atoms with Crippen LogP contribution in [0.15, 0.2) is 73.3 Å². The second-order valence-electron chi connectivity index (χ2n) is 10.2. The number of aromatic nitrogens is 4. The van der Waals surface area contributed by atoms with Crippen LogP contribution in [-0.4, -0.2) is 80.6 Å². The van der Waals surface area contributed by atoms with Crippen molar-refractivity contribution < 1.29 is 33.4 Å². The Bertz CT molecular complexity index is 1590. The summed E-state index contributed by atoms with van der Waals surface area (Å²) >= 11 is 0. The molecule has 2 aliphatic rings. The van der Waals surface area contributed by atoms with Crippen LogP contribution >= 0.6 is 0 Å². The van der Waals surface area contributed by atoms with Crippen molar-refractivity contribution in [3.8, 4) is 0 Å². The normalized spacial score (nSPS) is 22.6. The molecule has 2 saturated heterocycles. The van der Waals surface area contributed by atoms with Gasteiger partial charge in [0.2, 0.25) is 0 Å². The molecule has 42 heavy (non-hydrogen) atoms. The fourth-order valence-electron chi connectivity index (χ4n) is 5.16. The first kappa shape index (κ1) is 27.6. The first-order valence-electron chi connectivity index (χ1n) is 13.2. The van der Waals surface area contributed by atoms with E-state index in [1.54, 1.807) is 79.1 Å². The third-order valence-corrected chi connectivity index (χ3v) is 7.13. The summed E-state index contributed by atoms with van der Waals surface area (Å²) in [4.78, 5) is 60.0. The van der Waals surface area contributed by atoms with E-state index < -0.39 is 48.0 Å². The molecule has 2 aromatic heterocycles. The number of rotatable bonds is 6. The summed E-state index contributed by atoms with van der Waals surface area (Å²) < 4.78 is 20.0. The Morgan fingerprint density at radius 1 is 0.881 bits per heavy atom. The smallest absolute Gasteiger partial charge is 0.277 e. The molecule has 216 valence electrons. The van der Waals surface area contributed by atoms with E-state index in [1.165, 1.54) is 26.8 Å². The van der Waals surface area contributed by atoms with E-state index in [1.807, 2.05) is 0 Å². The molecule has 0 radical (unpaired) electrons. The number of ether oxygens (including phenoxy) is 3. The number of imide groups is 1. The highest BCUT2D eigenvalue weighted by atomic mass is 16.8. The minimum Gasteiger partial charge on any atom is -0.341 e. The summed E-state index contributed by atoms with van der Waals surface area (Å²) in [7, 11) is 2.85. The van der Waals surface area contributed by atoms with Crippen molar-refractivity contribution in [1.82, 2.24) is 24.6 Å². The third-order valence-electron chi connectivity index (χ3n) is 7.13. The summed E-state index contributed by atoms with van der Waals surface area (Å²) in [5.74, 6) is -2.62. The van der Waals surface area contributed by atoms with E-state index in [2.05, 4.69) is 15.0 Å². The van der Waals surface area contributed by atoms with Crippen LogP contribution in [0.1, 0.15) is 40.8 Å². The maximum absolute atomic E-state index is 13.8. The van der Waals surface area contributed by atoms with Crippen LogP contribution in [0.5, 0.6) is 0 Å². The quantitative estimate of drug-likeness (QED) is 0.250. The minimum absolute atomic E-state index is 0.00772. The lowest BCUT2D eigenvalue weighted by atomic mass is 10.1. The summed E-state index contributed by atoms with van der Waals surface area (Å²) in [5.41, 5.74) is 1.01. The molecule has 0 spiro atoms. The molecular weight excluding hydrogens is 544 g/mol. The van der Waals surface area contributed by atoms with Crippen LogP contribution < -0.4 is 4.90 Å². The molecule has 0 bridgehead atoms. The molecule has 13 heteroatoms. The average Bonchev–Trinajstić information content (AvgIpc) is 3.68. The van der Waals surface area contributed by atoms with E-state index in [9.17, 15) is 14.4 Å².